The van der Waals surface area contributed by atoms with Crippen LogP contribution in [0.15, 0.2) is 79.9 Å². The number of rotatable bonds is 12. The van der Waals surface area contributed by atoms with Crippen LogP contribution >= 0.6 is 11.6 Å². The second kappa shape index (κ2) is 12.7. The second-order valence-corrected chi connectivity index (χ2v) is 13.6. The number of fused-ring (bicyclic) bond motifs is 1. The van der Waals surface area contributed by atoms with E-state index in [2.05, 4.69) is 13.2 Å². The summed E-state index contributed by atoms with van der Waals surface area (Å²) in [7, 11) is 0. The number of amides is 3. The summed E-state index contributed by atoms with van der Waals surface area (Å²) in [5.74, 6) is -2.67. The summed E-state index contributed by atoms with van der Waals surface area (Å²) in [5, 5.41) is 11.2. The number of likely N-dealkylation sites (tertiary alicyclic amines) is 1. The van der Waals surface area contributed by atoms with Crippen molar-refractivity contribution >= 4 is 40.7 Å². The maximum absolute atomic E-state index is 14.9. The lowest BCUT2D eigenvalue weighted by Crippen LogP contribution is -2.59. The van der Waals surface area contributed by atoms with Crippen molar-refractivity contribution in [2.24, 2.45) is 23.7 Å². The average molecular weight is 634 g/mol. The fourth-order valence-corrected chi connectivity index (χ4v) is 8.12. The van der Waals surface area contributed by atoms with E-state index in [4.69, 9.17) is 16.3 Å². The third-order valence-electron chi connectivity index (χ3n) is 9.96. The van der Waals surface area contributed by atoms with Gasteiger partial charge in [-0.2, -0.15) is 0 Å². The third-order valence-corrected chi connectivity index (χ3v) is 10.2. The minimum absolute atomic E-state index is 0.131. The Morgan fingerprint density at radius 2 is 1.62 bits per heavy atom. The summed E-state index contributed by atoms with van der Waals surface area (Å²) >= 11 is 6.18. The van der Waals surface area contributed by atoms with Gasteiger partial charge in [0.1, 0.15) is 11.6 Å². The van der Waals surface area contributed by atoms with Crippen molar-refractivity contribution in [3.8, 4) is 0 Å². The molecule has 3 amide bonds. The van der Waals surface area contributed by atoms with Crippen molar-refractivity contribution in [1.82, 2.24) is 4.90 Å². The summed E-state index contributed by atoms with van der Waals surface area (Å²) in [6.07, 6.45) is 4.21. The lowest BCUT2D eigenvalue weighted by molar-refractivity contribution is -0.149. The number of benzene rings is 2. The first-order chi connectivity index (χ1) is 21.4. The van der Waals surface area contributed by atoms with Gasteiger partial charge in [-0.3, -0.25) is 14.4 Å². The molecule has 0 aliphatic carbocycles. The highest BCUT2D eigenvalue weighted by Gasteiger charge is 2.80. The molecule has 0 radical (unpaired) electrons. The molecule has 3 fully saturated rings. The molecule has 0 saturated carbocycles. The molecule has 2 aromatic carbocycles. The number of hydrogen-bond donors (Lipinski definition) is 1. The number of anilines is 2. The average Bonchev–Trinajstić information content (AvgIpc) is 3.54. The number of aliphatic hydroxyl groups is 1. The minimum Gasteiger partial charge on any atom is -0.394 e. The molecule has 7 atom stereocenters. The lowest BCUT2D eigenvalue weighted by atomic mass is 9.62. The summed E-state index contributed by atoms with van der Waals surface area (Å²) in [6.45, 7) is 15.8. The zero-order valence-corrected chi connectivity index (χ0v) is 27.3. The van der Waals surface area contributed by atoms with Gasteiger partial charge in [0.15, 0.2) is 0 Å². The van der Waals surface area contributed by atoms with Gasteiger partial charge in [-0.25, -0.2) is 0 Å². The maximum Gasteiger partial charge on any atom is 0.253 e. The molecule has 3 aliphatic rings. The SMILES string of the molecule is C=CCN(C(=O)C1N([C@@H](CO)CC(C)C)C(=O)[C@@H]2[C@@H](C(=O)N(CC=C)c3ccccc3)[C@]3(C)OC12CC3C)c1ccc(Cl)cc1. The van der Waals surface area contributed by atoms with Crippen LogP contribution in [-0.2, 0) is 19.1 Å². The van der Waals surface area contributed by atoms with E-state index in [0.29, 0.717) is 29.2 Å². The predicted molar refractivity (Wildman–Crippen MR) is 177 cm³/mol. The summed E-state index contributed by atoms with van der Waals surface area (Å²) in [6, 6.07) is 14.6. The molecule has 45 heavy (non-hydrogen) atoms. The number of aliphatic hydroxyl groups excluding tert-OH is 1. The first-order valence-corrected chi connectivity index (χ1v) is 16.1. The Labute approximate surface area is 271 Å². The molecule has 5 rings (SSSR count). The Bertz CT molecular complexity index is 1450. The van der Waals surface area contributed by atoms with E-state index in [-0.39, 0.29) is 49.3 Å². The van der Waals surface area contributed by atoms with Gasteiger partial charge in [0.25, 0.3) is 5.91 Å². The third kappa shape index (κ3) is 5.41. The monoisotopic (exact) mass is 633 g/mol. The molecular formula is C36H44ClN3O5. The van der Waals surface area contributed by atoms with Crippen LogP contribution in [0.3, 0.4) is 0 Å². The molecule has 1 spiro atoms. The van der Waals surface area contributed by atoms with E-state index in [9.17, 15) is 19.5 Å². The minimum atomic E-state index is -1.27. The van der Waals surface area contributed by atoms with E-state index >= 15 is 0 Å². The van der Waals surface area contributed by atoms with Gasteiger partial charge in [0.05, 0.1) is 30.1 Å². The lowest BCUT2D eigenvalue weighted by Gasteiger charge is -2.40. The first-order valence-electron chi connectivity index (χ1n) is 15.7. The number of nitrogens with zero attached hydrogens (tertiary/aromatic N) is 3. The molecule has 3 heterocycles. The Morgan fingerprint density at radius 1 is 1.04 bits per heavy atom. The van der Waals surface area contributed by atoms with E-state index in [1.165, 1.54) is 0 Å². The molecule has 9 heteroatoms. The van der Waals surface area contributed by atoms with E-state index in [1.807, 2.05) is 58.0 Å². The van der Waals surface area contributed by atoms with Crippen LogP contribution in [0.1, 0.15) is 40.5 Å². The summed E-state index contributed by atoms with van der Waals surface area (Å²) < 4.78 is 6.99. The van der Waals surface area contributed by atoms with Gasteiger partial charge < -0.3 is 24.5 Å². The highest BCUT2D eigenvalue weighted by molar-refractivity contribution is 6.30. The van der Waals surface area contributed by atoms with Gasteiger partial charge in [-0.1, -0.05) is 62.7 Å². The first kappa shape index (κ1) is 32.9. The number of hydrogen-bond acceptors (Lipinski definition) is 5. The van der Waals surface area contributed by atoms with Crippen LogP contribution in [-0.4, -0.2) is 70.7 Å². The molecule has 3 unspecified atom stereocenters. The van der Waals surface area contributed by atoms with Crippen molar-refractivity contribution in [3.63, 3.8) is 0 Å². The van der Waals surface area contributed by atoms with Crippen molar-refractivity contribution in [2.75, 3.05) is 29.5 Å². The molecule has 0 aromatic heterocycles. The van der Waals surface area contributed by atoms with Crippen LogP contribution in [0.4, 0.5) is 11.4 Å². The van der Waals surface area contributed by atoms with E-state index in [0.717, 1.165) is 0 Å². The molecule has 2 bridgehead atoms. The number of para-hydroxylation sites is 1. The highest BCUT2D eigenvalue weighted by Crippen LogP contribution is 2.66. The number of carbonyl (C=O) groups is 3. The normalized spacial score (nSPS) is 29.0. The largest absolute Gasteiger partial charge is 0.394 e. The molecule has 3 aliphatic heterocycles. The predicted octanol–water partition coefficient (Wildman–Crippen LogP) is 5.50. The van der Waals surface area contributed by atoms with Crippen molar-refractivity contribution in [3.05, 3.63) is 84.9 Å². The highest BCUT2D eigenvalue weighted by atomic mass is 35.5. The smallest absolute Gasteiger partial charge is 0.253 e. The van der Waals surface area contributed by atoms with Crippen molar-refractivity contribution in [2.45, 2.75) is 63.8 Å². The molecule has 1 N–H and O–H groups in total. The topological polar surface area (TPSA) is 90.4 Å². The number of halogens is 1. The Morgan fingerprint density at radius 3 is 2.18 bits per heavy atom. The van der Waals surface area contributed by atoms with E-state index in [1.54, 1.807) is 51.1 Å². The Hall–Kier alpha value is -3.46. The summed E-state index contributed by atoms with van der Waals surface area (Å²) in [4.78, 5) is 49.3. The Kier molecular flexibility index (Phi) is 9.32. The van der Waals surface area contributed by atoms with Crippen LogP contribution in [0.2, 0.25) is 5.02 Å². The van der Waals surface area contributed by atoms with Crippen LogP contribution < -0.4 is 9.80 Å². The quantitative estimate of drug-likeness (QED) is 0.312. The van der Waals surface area contributed by atoms with Crippen LogP contribution in [0.5, 0.6) is 0 Å². The molecule has 3 saturated heterocycles. The van der Waals surface area contributed by atoms with Gasteiger partial charge in [-0.05, 0) is 68.0 Å². The maximum atomic E-state index is 14.9. The molecule has 2 aromatic rings. The second-order valence-electron chi connectivity index (χ2n) is 13.2. The van der Waals surface area contributed by atoms with Crippen LogP contribution in [0, 0.1) is 23.7 Å². The molecule has 240 valence electrons. The molecule has 8 nitrogen and oxygen atoms in total. The fourth-order valence-electron chi connectivity index (χ4n) is 7.99. The van der Waals surface area contributed by atoms with Crippen molar-refractivity contribution in [1.29, 1.82) is 0 Å². The zero-order valence-electron chi connectivity index (χ0n) is 26.6. The zero-order chi connectivity index (χ0) is 32.7. The number of carbonyl (C=O) groups excluding carboxylic acids is 3. The van der Waals surface area contributed by atoms with E-state index < -0.39 is 35.1 Å². The standard InChI is InChI=1S/C36H44ClN3O5/c1-7-18-38(26-12-10-9-11-13-26)32(42)29-30-33(43)40(28(22-41)20-23(3)4)31(36(30)21-24(5)35(29,6)45-36)34(44)39(19-8-2)27-16-14-25(37)15-17-27/h7-17,23-24,28-31,41H,1-2,18-22H2,3-6H3/t24?,28-,29+,30+,31?,35-,36?/m1/s1. The van der Waals surface area contributed by atoms with Gasteiger partial charge in [0.2, 0.25) is 11.8 Å². The fraction of sp³-hybridized carbons (Fsp3) is 0.472. The van der Waals surface area contributed by atoms with Crippen LogP contribution in [0.25, 0.3) is 0 Å². The van der Waals surface area contributed by atoms with Crippen molar-refractivity contribution < 1.29 is 24.2 Å². The number of ether oxygens (including phenoxy) is 1. The van der Waals surface area contributed by atoms with Gasteiger partial charge in [-0.15, -0.1) is 13.2 Å². The Balaban J connectivity index is 1.67. The van der Waals surface area contributed by atoms with Gasteiger partial charge >= 0.3 is 0 Å². The summed E-state index contributed by atoms with van der Waals surface area (Å²) in [5.41, 5.74) is -0.970. The van der Waals surface area contributed by atoms with Gasteiger partial charge in [0, 0.05) is 29.5 Å². The molecular weight excluding hydrogens is 590 g/mol.